The molecule has 11 aromatic rings. The van der Waals surface area contributed by atoms with Crippen molar-refractivity contribution in [2.45, 2.75) is 0 Å². The van der Waals surface area contributed by atoms with Crippen molar-refractivity contribution in [1.29, 1.82) is 0 Å². The van der Waals surface area contributed by atoms with E-state index in [9.17, 15) is 0 Å². The van der Waals surface area contributed by atoms with Gasteiger partial charge in [-0.05, 0) is 72.8 Å². The van der Waals surface area contributed by atoms with Crippen LogP contribution >= 0.6 is 0 Å². The van der Waals surface area contributed by atoms with Gasteiger partial charge in [0.2, 0.25) is 5.95 Å². The molecule has 7 aromatic carbocycles. The summed E-state index contributed by atoms with van der Waals surface area (Å²) in [4.78, 5) is 17.5. The van der Waals surface area contributed by atoms with Crippen LogP contribution in [0.4, 0.5) is 17.3 Å². The van der Waals surface area contributed by atoms with Crippen molar-refractivity contribution < 1.29 is 13.3 Å². The van der Waals surface area contributed by atoms with E-state index in [1.54, 1.807) is 0 Å². The minimum atomic E-state index is 0.462. The number of hydrogen-bond acceptors (Lipinski definition) is 7. The molecule has 0 aliphatic rings. The number of aromatic nitrogens is 3. The Bertz CT molecular complexity index is 3160. The van der Waals surface area contributed by atoms with E-state index in [0.29, 0.717) is 17.6 Å². The zero-order chi connectivity index (χ0) is 34.2. The molecule has 0 spiro atoms. The number of anilines is 3. The second-order valence-corrected chi connectivity index (χ2v) is 12.9. The molecule has 52 heavy (non-hydrogen) atoms. The number of furan rings is 3. The number of nitrogens with zero attached hydrogens (tertiary/aromatic N) is 4. The molecule has 0 saturated heterocycles. The molecule has 4 heterocycles. The third-order valence-electron chi connectivity index (χ3n) is 9.73. The average molecular weight is 671 g/mol. The Hall–Kier alpha value is -7.25. The Kier molecular flexibility index (Phi) is 6.12. The van der Waals surface area contributed by atoms with Crippen molar-refractivity contribution in [3.05, 3.63) is 158 Å². The fourth-order valence-electron chi connectivity index (χ4n) is 7.26. The molecule has 0 aliphatic heterocycles. The maximum absolute atomic E-state index is 6.34. The van der Waals surface area contributed by atoms with E-state index in [-0.39, 0.29) is 0 Å². The molecule has 0 fully saturated rings. The number of fused-ring (bicyclic) bond motifs is 9. The smallest absolute Gasteiger partial charge is 0.238 e. The minimum absolute atomic E-state index is 0.462. The van der Waals surface area contributed by atoms with Gasteiger partial charge in [-0.15, -0.1) is 0 Å². The predicted octanol–water partition coefficient (Wildman–Crippen LogP) is 12.4. The number of hydrogen-bond donors (Lipinski definition) is 0. The summed E-state index contributed by atoms with van der Waals surface area (Å²) in [5, 5.41) is 6.26. The molecule has 244 valence electrons. The molecule has 0 amide bonds. The lowest BCUT2D eigenvalue weighted by atomic mass is 10.1. The second-order valence-electron chi connectivity index (χ2n) is 12.9. The maximum atomic E-state index is 6.34. The zero-order valence-electron chi connectivity index (χ0n) is 27.5. The molecular weight excluding hydrogens is 645 g/mol. The lowest BCUT2D eigenvalue weighted by molar-refractivity contribution is 0.668. The van der Waals surface area contributed by atoms with Crippen molar-refractivity contribution in [3.8, 4) is 22.8 Å². The third kappa shape index (κ3) is 4.50. The Balaban J connectivity index is 1.15. The van der Waals surface area contributed by atoms with Gasteiger partial charge < -0.3 is 13.3 Å². The van der Waals surface area contributed by atoms with E-state index in [1.165, 1.54) is 0 Å². The number of para-hydroxylation sites is 4. The van der Waals surface area contributed by atoms with E-state index < -0.39 is 0 Å². The van der Waals surface area contributed by atoms with Gasteiger partial charge in [-0.25, -0.2) is 4.98 Å². The first-order valence-electron chi connectivity index (χ1n) is 17.1. The van der Waals surface area contributed by atoms with Gasteiger partial charge in [0, 0.05) is 55.2 Å². The minimum Gasteiger partial charge on any atom is -0.456 e. The quantitative estimate of drug-likeness (QED) is 0.180. The topological polar surface area (TPSA) is 81.3 Å². The van der Waals surface area contributed by atoms with Gasteiger partial charge in [-0.2, -0.15) is 9.97 Å². The lowest BCUT2D eigenvalue weighted by Crippen LogP contribution is -2.15. The van der Waals surface area contributed by atoms with Crippen LogP contribution in [-0.2, 0) is 0 Å². The molecule has 0 aliphatic carbocycles. The summed E-state index contributed by atoms with van der Waals surface area (Å²) >= 11 is 0. The van der Waals surface area contributed by atoms with Gasteiger partial charge in [0.05, 0.1) is 5.69 Å². The van der Waals surface area contributed by atoms with Gasteiger partial charge in [-0.3, -0.25) is 4.90 Å². The highest BCUT2D eigenvalue weighted by molar-refractivity contribution is 6.08. The Morgan fingerprint density at radius 2 is 0.808 bits per heavy atom. The first kappa shape index (κ1) is 28.6. The molecule has 11 rings (SSSR count). The van der Waals surface area contributed by atoms with E-state index in [4.69, 9.17) is 28.2 Å². The molecule has 0 unspecified atom stereocenters. The molecule has 7 heteroatoms. The number of rotatable bonds is 5. The predicted molar refractivity (Wildman–Crippen MR) is 207 cm³/mol. The van der Waals surface area contributed by atoms with Crippen molar-refractivity contribution in [2.75, 3.05) is 4.90 Å². The monoisotopic (exact) mass is 670 g/mol. The molecule has 4 aromatic heterocycles. The lowest BCUT2D eigenvalue weighted by Gasteiger charge is -2.24. The van der Waals surface area contributed by atoms with Crippen molar-refractivity contribution in [2.24, 2.45) is 0 Å². The average Bonchev–Trinajstić information content (AvgIpc) is 3.88. The van der Waals surface area contributed by atoms with Gasteiger partial charge >= 0.3 is 0 Å². The summed E-state index contributed by atoms with van der Waals surface area (Å²) in [7, 11) is 0. The Morgan fingerprint density at radius 3 is 1.48 bits per heavy atom. The van der Waals surface area contributed by atoms with Crippen LogP contribution in [0.2, 0.25) is 0 Å². The van der Waals surface area contributed by atoms with E-state index >= 15 is 0 Å². The number of benzene rings is 7. The molecule has 0 N–H and O–H groups in total. The molecular formula is C45H26N4O3. The summed E-state index contributed by atoms with van der Waals surface area (Å²) in [6.07, 6.45) is 0. The van der Waals surface area contributed by atoms with Crippen LogP contribution in [0.5, 0.6) is 0 Å². The fraction of sp³-hybridized carbons (Fsp3) is 0. The van der Waals surface area contributed by atoms with Crippen LogP contribution in [0, 0.1) is 0 Å². The van der Waals surface area contributed by atoms with E-state index in [2.05, 4.69) is 60.7 Å². The molecule has 0 atom stereocenters. The van der Waals surface area contributed by atoms with Crippen LogP contribution in [0.1, 0.15) is 0 Å². The highest BCUT2D eigenvalue weighted by Crippen LogP contribution is 2.39. The van der Waals surface area contributed by atoms with Crippen LogP contribution < -0.4 is 4.90 Å². The zero-order valence-corrected chi connectivity index (χ0v) is 27.5. The molecule has 0 radical (unpaired) electrons. The van der Waals surface area contributed by atoms with Crippen molar-refractivity contribution >= 4 is 83.1 Å². The van der Waals surface area contributed by atoms with E-state index in [0.717, 1.165) is 88.3 Å². The standard InChI is InChI=1S/C45H26N4O3/c1-2-10-29(11-3-1)49(30-20-22-35-32-13-5-8-16-38(32)52-42(35)26-30)45-47-43(27-19-23-40-36(24-27)33-14-6-9-17-39(33)50-40)46-44(48-45)28-18-21-34-31-12-4-7-15-37(31)51-41(34)25-28/h1-26H. The maximum Gasteiger partial charge on any atom is 0.238 e. The summed E-state index contributed by atoms with van der Waals surface area (Å²) in [6, 6.07) is 52.8. The second kappa shape index (κ2) is 11.1. The summed E-state index contributed by atoms with van der Waals surface area (Å²) in [6.45, 7) is 0. The van der Waals surface area contributed by atoms with Crippen LogP contribution in [0.3, 0.4) is 0 Å². The highest BCUT2D eigenvalue weighted by Gasteiger charge is 2.22. The van der Waals surface area contributed by atoms with Crippen molar-refractivity contribution in [3.63, 3.8) is 0 Å². The summed E-state index contributed by atoms with van der Waals surface area (Å²) in [5.41, 5.74) is 8.27. The Morgan fingerprint density at radius 1 is 0.327 bits per heavy atom. The van der Waals surface area contributed by atoms with Gasteiger partial charge in [0.15, 0.2) is 11.6 Å². The SMILES string of the molecule is c1ccc(N(c2ccc3c(c2)oc2ccccc23)c2nc(-c3ccc4c(c3)oc3ccccc34)nc(-c3ccc4oc5ccccc5c4c3)n2)cc1. The van der Waals surface area contributed by atoms with Crippen molar-refractivity contribution in [1.82, 2.24) is 15.0 Å². The molecule has 0 bridgehead atoms. The fourth-order valence-corrected chi connectivity index (χ4v) is 7.26. The Labute approximate surface area is 296 Å². The van der Waals surface area contributed by atoms with E-state index in [1.807, 2.05) is 102 Å². The molecule has 0 saturated carbocycles. The molecule has 7 nitrogen and oxygen atoms in total. The van der Waals surface area contributed by atoms with Gasteiger partial charge in [-0.1, -0.05) is 78.9 Å². The normalized spacial score (nSPS) is 11.8. The largest absolute Gasteiger partial charge is 0.456 e. The van der Waals surface area contributed by atoms with Crippen LogP contribution in [-0.4, -0.2) is 15.0 Å². The summed E-state index contributed by atoms with van der Waals surface area (Å²) < 4.78 is 18.8. The van der Waals surface area contributed by atoms with Crippen LogP contribution in [0.25, 0.3) is 88.6 Å². The summed E-state index contributed by atoms with van der Waals surface area (Å²) in [5.74, 6) is 1.51. The van der Waals surface area contributed by atoms with Gasteiger partial charge in [0.1, 0.15) is 33.5 Å². The van der Waals surface area contributed by atoms with Crippen LogP contribution in [0.15, 0.2) is 171 Å². The van der Waals surface area contributed by atoms with Gasteiger partial charge in [0.25, 0.3) is 0 Å². The highest BCUT2D eigenvalue weighted by atomic mass is 16.3. The first-order chi connectivity index (χ1) is 25.7. The third-order valence-corrected chi connectivity index (χ3v) is 9.73. The first-order valence-corrected chi connectivity index (χ1v) is 17.1.